The van der Waals surface area contributed by atoms with Gasteiger partial charge in [-0.15, -0.1) is 0 Å². The quantitative estimate of drug-likeness (QED) is 0.696. The second-order valence-electron chi connectivity index (χ2n) is 4.80. The molecular formula is C14H25N3O2. The van der Waals surface area contributed by atoms with Gasteiger partial charge in [0.2, 0.25) is 5.95 Å². The zero-order chi connectivity index (χ0) is 14.1. The maximum atomic E-state index is 5.39. The molecule has 0 aromatic carbocycles. The first kappa shape index (κ1) is 15.9. The summed E-state index contributed by atoms with van der Waals surface area (Å²) in [7, 11) is 1.67. The van der Waals surface area contributed by atoms with Crippen LogP contribution in [-0.4, -0.2) is 43.4 Å². The van der Waals surface area contributed by atoms with Crippen LogP contribution in [0.15, 0.2) is 6.07 Å². The Hall–Kier alpha value is -1.20. The number of nitrogens with one attached hydrogen (secondary N) is 1. The van der Waals surface area contributed by atoms with Crippen molar-refractivity contribution in [3.8, 4) is 0 Å². The summed E-state index contributed by atoms with van der Waals surface area (Å²) in [6.07, 6.45) is 0.929. The number of anilines is 1. The van der Waals surface area contributed by atoms with Gasteiger partial charge in [-0.2, -0.15) is 0 Å². The first-order chi connectivity index (χ1) is 9.13. The molecular weight excluding hydrogens is 242 g/mol. The maximum absolute atomic E-state index is 5.39. The molecule has 0 unspecified atom stereocenters. The summed E-state index contributed by atoms with van der Waals surface area (Å²) >= 11 is 0. The molecule has 1 heterocycles. The van der Waals surface area contributed by atoms with Gasteiger partial charge in [-0.1, -0.05) is 13.8 Å². The number of rotatable bonds is 9. The van der Waals surface area contributed by atoms with Gasteiger partial charge >= 0.3 is 0 Å². The molecule has 0 aliphatic heterocycles. The zero-order valence-corrected chi connectivity index (χ0v) is 12.4. The van der Waals surface area contributed by atoms with E-state index in [-0.39, 0.29) is 0 Å². The fourth-order valence-electron chi connectivity index (χ4n) is 1.59. The Morgan fingerprint density at radius 1 is 1.21 bits per heavy atom. The normalized spacial score (nSPS) is 11.0. The summed E-state index contributed by atoms with van der Waals surface area (Å²) in [5.41, 5.74) is 2.07. The van der Waals surface area contributed by atoms with E-state index < -0.39 is 0 Å². The van der Waals surface area contributed by atoms with Crippen molar-refractivity contribution in [3.05, 3.63) is 17.5 Å². The van der Waals surface area contributed by atoms with E-state index in [0.29, 0.717) is 25.1 Å². The molecule has 1 aromatic rings. The Morgan fingerprint density at radius 3 is 2.68 bits per heavy atom. The van der Waals surface area contributed by atoms with E-state index >= 15 is 0 Å². The molecule has 0 bridgehead atoms. The van der Waals surface area contributed by atoms with Crippen LogP contribution < -0.4 is 5.32 Å². The molecule has 0 saturated carbocycles. The molecule has 1 rings (SSSR count). The van der Waals surface area contributed by atoms with Gasteiger partial charge in [0.15, 0.2) is 0 Å². The summed E-state index contributed by atoms with van der Waals surface area (Å²) in [4.78, 5) is 8.88. The first-order valence-electron chi connectivity index (χ1n) is 6.79. The Bertz CT molecular complexity index is 370. The molecule has 0 aliphatic rings. The van der Waals surface area contributed by atoms with Gasteiger partial charge in [0.05, 0.1) is 13.2 Å². The van der Waals surface area contributed by atoms with Crippen molar-refractivity contribution in [3.63, 3.8) is 0 Å². The predicted octanol–water partition coefficient (Wildman–Crippen LogP) is 2.37. The minimum absolute atomic E-state index is 0.416. The SMILES string of the molecule is COCCOCCCNc1nc(C)cc(C(C)C)n1. The lowest BCUT2D eigenvalue weighted by atomic mass is 10.1. The summed E-state index contributed by atoms with van der Waals surface area (Å²) in [5.74, 6) is 1.13. The van der Waals surface area contributed by atoms with E-state index in [9.17, 15) is 0 Å². The van der Waals surface area contributed by atoms with Gasteiger partial charge in [0, 0.05) is 31.6 Å². The maximum Gasteiger partial charge on any atom is 0.223 e. The lowest BCUT2D eigenvalue weighted by molar-refractivity contribution is 0.0705. The molecule has 0 aliphatic carbocycles. The van der Waals surface area contributed by atoms with Crippen LogP contribution in [0.1, 0.15) is 37.6 Å². The molecule has 0 radical (unpaired) electrons. The molecule has 19 heavy (non-hydrogen) atoms. The number of aryl methyl sites for hydroxylation is 1. The number of aromatic nitrogens is 2. The third-order valence-electron chi connectivity index (χ3n) is 2.65. The summed E-state index contributed by atoms with van der Waals surface area (Å²) in [5, 5.41) is 3.24. The van der Waals surface area contributed by atoms with Crippen LogP contribution >= 0.6 is 0 Å². The van der Waals surface area contributed by atoms with Crippen molar-refractivity contribution < 1.29 is 9.47 Å². The van der Waals surface area contributed by atoms with E-state index in [1.165, 1.54) is 0 Å². The van der Waals surface area contributed by atoms with Crippen LogP contribution in [0.3, 0.4) is 0 Å². The minimum atomic E-state index is 0.416. The van der Waals surface area contributed by atoms with Crippen molar-refractivity contribution in [1.82, 2.24) is 9.97 Å². The van der Waals surface area contributed by atoms with E-state index in [4.69, 9.17) is 9.47 Å². The van der Waals surface area contributed by atoms with Crippen LogP contribution in [0.4, 0.5) is 5.95 Å². The molecule has 0 spiro atoms. The molecule has 0 amide bonds. The number of hydrogen-bond acceptors (Lipinski definition) is 5. The minimum Gasteiger partial charge on any atom is -0.382 e. The van der Waals surface area contributed by atoms with Gasteiger partial charge in [-0.25, -0.2) is 9.97 Å². The van der Waals surface area contributed by atoms with E-state index in [0.717, 1.165) is 31.0 Å². The van der Waals surface area contributed by atoms with Gasteiger partial charge in [0.1, 0.15) is 0 Å². The molecule has 1 N–H and O–H groups in total. The number of hydrogen-bond donors (Lipinski definition) is 1. The zero-order valence-electron chi connectivity index (χ0n) is 12.4. The van der Waals surface area contributed by atoms with Gasteiger partial charge in [-0.05, 0) is 25.3 Å². The van der Waals surface area contributed by atoms with E-state index in [1.807, 2.05) is 13.0 Å². The van der Waals surface area contributed by atoms with E-state index in [2.05, 4.69) is 29.1 Å². The number of nitrogens with zero attached hydrogens (tertiary/aromatic N) is 2. The number of ether oxygens (including phenoxy) is 2. The van der Waals surface area contributed by atoms with Crippen LogP contribution in [0, 0.1) is 6.92 Å². The molecule has 5 nitrogen and oxygen atoms in total. The topological polar surface area (TPSA) is 56.3 Å². The molecule has 108 valence electrons. The summed E-state index contributed by atoms with van der Waals surface area (Å²) in [6, 6.07) is 2.03. The van der Waals surface area contributed by atoms with Crippen molar-refractivity contribution in [2.45, 2.75) is 33.1 Å². The first-order valence-corrected chi connectivity index (χ1v) is 6.79. The third kappa shape index (κ3) is 6.50. The summed E-state index contributed by atoms with van der Waals surface area (Å²) in [6.45, 7) is 9.09. The highest BCUT2D eigenvalue weighted by Crippen LogP contribution is 2.14. The highest BCUT2D eigenvalue weighted by molar-refractivity contribution is 5.28. The Kier molecular flexibility index (Phi) is 7.36. The van der Waals surface area contributed by atoms with Gasteiger partial charge < -0.3 is 14.8 Å². The van der Waals surface area contributed by atoms with E-state index in [1.54, 1.807) is 7.11 Å². The smallest absolute Gasteiger partial charge is 0.223 e. The standard InChI is InChI=1S/C14H25N3O2/c1-11(2)13-10-12(3)16-14(17-13)15-6-5-7-19-9-8-18-4/h10-11H,5-9H2,1-4H3,(H,15,16,17). The fraction of sp³-hybridized carbons (Fsp3) is 0.714. The van der Waals surface area contributed by atoms with Crippen molar-refractivity contribution >= 4 is 5.95 Å². The average molecular weight is 267 g/mol. The molecule has 5 heteroatoms. The third-order valence-corrected chi connectivity index (χ3v) is 2.65. The van der Waals surface area contributed by atoms with Crippen molar-refractivity contribution in [2.75, 3.05) is 38.8 Å². The predicted molar refractivity (Wildman–Crippen MR) is 76.7 cm³/mol. The fourth-order valence-corrected chi connectivity index (χ4v) is 1.59. The van der Waals surface area contributed by atoms with Crippen LogP contribution in [-0.2, 0) is 9.47 Å². The van der Waals surface area contributed by atoms with Crippen LogP contribution in [0.5, 0.6) is 0 Å². The van der Waals surface area contributed by atoms with Crippen LogP contribution in [0.25, 0.3) is 0 Å². The lowest BCUT2D eigenvalue weighted by Gasteiger charge is -2.10. The number of methoxy groups -OCH3 is 1. The summed E-state index contributed by atoms with van der Waals surface area (Å²) < 4.78 is 10.3. The Morgan fingerprint density at radius 2 is 2.00 bits per heavy atom. The van der Waals surface area contributed by atoms with Crippen molar-refractivity contribution in [2.24, 2.45) is 0 Å². The molecule has 0 saturated heterocycles. The lowest BCUT2D eigenvalue weighted by Crippen LogP contribution is -2.11. The highest BCUT2D eigenvalue weighted by atomic mass is 16.5. The average Bonchev–Trinajstić information content (AvgIpc) is 2.37. The second-order valence-corrected chi connectivity index (χ2v) is 4.80. The van der Waals surface area contributed by atoms with Gasteiger partial charge in [0.25, 0.3) is 0 Å². The Labute approximate surface area is 115 Å². The largest absolute Gasteiger partial charge is 0.382 e. The monoisotopic (exact) mass is 267 g/mol. The second kappa shape index (κ2) is 8.82. The van der Waals surface area contributed by atoms with Crippen LogP contribution in [0.2, 0.25) is 0 Å². The van der Waals surface area contributed by atoms with Crippen molar-refractivity contribution in [1.29, 1.82) is 0 Å². The molecule has 0 atom stereocenters. The Balaban J connectivity index is 2.29. The highest BCUT2D eigenvalue weighted by Gasteiger charge is 2.05. The van der Waals surface area contributed by atoms with Gasteiger partial charge in [-0.3, -0.25) is 0 Å². The molecule has 0 fully saturated rings. The molecule has 1 aromatic heterocycles.